The average Bonchev–Trinajstić information content (AvgIpc) is 3.12. The van der Waals surface area contributed by atoms with Crippen LogP contribution in [-0.4, -0.2) is 30.5 Å². The van der Waals surface area contributed by atoms with E-state index in [4.69, 9.17) is 5.73 Å². The minimum absolute atomic E-state index is 0.0666. The molecule has 1 aliphatic rings. The van der Waals surface area contributed by atoms with Crippen molar-refractivity contribution in [2.45, 2.75) is 55.3 Å². The molecule has 0 radical (unpaired) electrons. The van der Waals surface area contributed by atoms with E-state index >= 15 is 0 Å². The average molecular weight is 332 g/mol. The van der Waals surface area contributed by atoms with Gasteiger partial charge in [0.15, 0.2) is 0 Å². The Kier molecular flexibility index (Phi) is 5.40. The Morgan fingerprint density at radius 2 is 2.10 bits per heavy atom. The summed E-state index contributed by atoms with van der Waals surface area (Å²) in [4.78, 5) is 0.319. The Labute approximate surface area is 131 Å². The van der Waals surface area contributed by atoms with Crippen LogP contribution >= 0.6 is 11.8 Å². The summed E-state index contributed by atoms with van der Waals surface area (Å²) in [5.41, 5.74) is 6.51. The smallest absolute Gasteiger partial charge is 0.242 e. The zero-order valence-electron chi connectivity index (χ0n) is 12.8. The van der Waals surface area contributed by atoms with Crippen molar-refractivity contribution in [3.8, 4) is 0 Å². The van der Waals surface area contributed by atoms with Gasteiger partial charge in [-0.3, -0.25) is 0 Å². The summed E-state index contributed by atoms with van der Waals surface area (Å²) in [6.45, 7) is 3.55. The first kappa shape index (κ1) is 16.9. The van der Waals surface area contributed by atoms with Crippen LogP contribution in [0.1, 0.15) is 38.3 Å². The monoisotopic (exact) mass is 331 g/mol. The number of hydrogen-bond donors (Lipinski definition) is 2. The third-order valence-corrected chi connectivity index (χ3v) is 7.14. The predicted molar refractivity (Wildman–Crippen MR) is 87.9 cm³/mol. The molecular formula is C14H25N3O2S2. The second-order valence-corrected chi connectivity index (χ2v) is 8.62. The van der Waals surface area contributed by atoms with E-state index in [0.29, 0.717) is 18.0 Å². The van der Waals surface area contributed by atoms with Gasteiger partial charge >= 0.3 is 0 Å². The molecule has 1 aromatic heterocycles. The Balaban J connectivity index is 2.13. The summed E-state index contributed by atoms with van der Waals surface area (Å²) in [6, 6.07) is 1.67. The molecule has 0 spiro atoms. The van der Waals surface area contributed by atoms with E-state index in [1.54, 1.807) is 24.0 Å². The highest BCUT2D eigenvalue weighted by Crippen LogP contribution is 2.39. The second kappa shape index (κ2) is 6.73. The number of nitrogens with zero attached hydrogens (tertiary/aromatic N) is 1. The standard InChI is InChI=1S/C14H25N3O2S2/c1-3-17-10-13(8-12(17)9-15)21(18,19)16-11-14(20-2)6-4-5-7-14/h8,10,16H,3-7,9,11,15H2,1-2H3. The van der Waals surface area contributed by atoms with Crippen molar-refractivity contribution in [3.63, 3.8) is 0 Å². The normalized spacial score (nSPS) is 18.2. The van der Waals surface area contributed by atoms with E-state index in [9.17, 15) is 8.42 Å². The molecule has 1 heterocycles. The number of sulfonamides is 1. The van der Waals surface area contributed by atoms with Crippen LogP contribution in [0, 0.1) is 0 Å². The first-order valence-corrected chi connectivity index (χ1v) is 10.1. The molecule has 5 nitrogen and oxygen atoms in total. The number of aromatic nitrogens is 1. The Hall–Kier alpha value is -0.500. The van der Waals surface area contributed by atoms with Gasteiger partial charge in [0, 0.05) is 36.3 Å². The lowest BCUT2D eigenvalue weighted by Crippen LogP contribution is -2.38. The Morgan fingerprint density at radius 3 is 2.57 bits per heavy atom. The molecule has 0 saturated heterocycles. The lowest BCUT2D eigenvalue weighted by atomic mass is 10.1. The molecule has 1 fully saturated rings. The summed E-state index contributed by atoms with van der Waals surface area (Å²) in [6.07, 6.45) is 8.28. The molecule has 1 aromatic rings. The molecule has 21 heavy (non-hydrogen) atoms. The molecule has 3 N–H and O–H groups in total. The van der Waals surface area contributed by atoms with Gasteiger partial charge in [-0.25, -0.2) is 13.1 Å². The molecule has 0 unspecified atom stereocenters. The van der Waals surface area contributed by atoms with Crippen LogP contribution in [0.3, 0.4) is 0 Å². The van der Waals surface area contributed by atoms with Gasteiger partial charge in [0.25, 0.3) is 0 Å². The van der Waals surface area contributed by atoms with Gasteiger partial charge in [0.05, 0.1) is 4.90 Å². The minimum Gasteiger partial charge on any atom is -0.349 e. The molecule has 2 rings (SSSR count). The maximum Gasteiger partial charge on any atom is 0.242 e. The summed E-state index contributed by atoms with van der Waals surface area (Å²) < 4.78 is 29.7. The van der Waals surface area contributed by atoms with Gasteiger partial charge in [-0.05, 0) is 32.1 Å². The Morgan fingerprint density at radius 1 is 1.43 bits per heavy atom. The number of nitrogens with one attached hydrogen (secondary N) is 1. The first-order chi connectivity index (χ1) is 9.96. The molecule has 1 saturated carbocycles. The predicted octanol–water partition coefficient (Wildman–Crippen LogP) is 1.92. The topological polar surface area (TPSA) is 77.1 Å². The van der Waals surface area contributed by atoms with Crippen molar-refractivity contribution in [2.75, 3.05) is 12.8 Å². The largest absolute Gasteiger partial charge is 0.349 e. The molecule has 120 valence electrons. The van der Waals surface area contributed by atoms with E-state index in [1.807, 2.05) is 11.5 Å². The van der Waals surface area contributed by atoms with E-state index < -0.39 is 10.0 Å². The lowest BCUT2D eigenvalue weighted by Gasteiger charge is -2.26. The number of aryl methyl sites for hydroxylation is 1. The van der Waals surface area contributed by atoms with Crippen LogP contribution in [0.5, 0.6) is 0 Å². The first-order valence-electron chi connectivity index (χ1n) is 7.40. The van der Waals surface area contributed by atoms with Crippen LogP contribution < -0.4 is 10.5 Å². The van der Waals surface area contributed by atoms with Gasteiger partial charge in [-0.2, -0.15) is 11.8 Å². The number of rotatable bonds is 7. The van der Waals surface area contributed by atoms with Crippen LogP contribution in [0.15, 0.2) is 17.2 Å². The summed E-state index contributed by atoms with van der Waals surface area (Å²) in [7, 11) is -3.46. The van der Waals surface area contributed by atoms with Gasteiger partial charge in [-0.15, -0.1) is 0 Å². The van der Waals surface area contributed by atoms with Crippen molar-refractivity contribution in [1.29, 1.82) is 0 Å². The summed E-state index contributed by atoms with van der Waals surface area (Å²) in [5.74, 6) is 0. The molecule has 0 amide bonds. The number of hydrogen-bond acceptors (Lipinski definition) is 4. The van der Waals surface area contributed by atoms with Crippen molar-refractivity contribution < 1.29 is 8.42 Å². The number of nitrogens with two attached hydrogens (primary N) is 1. The summed E-state index contributed by atoms with van der Waals surface area (Å²) in [5, 5.41) is 0. The van der Waals surface area contributed by atoms with E-state index in [2.05, 4.69) is 11.0 Å². The molecule has 0 bridgehead atoms. The van der Waals surface area contributed by atoms with Crippen LogP contribution in [0.25, 0.3) is 0 Å². The van der Waals surface area contributed by atoms with Crippen LogP contribution in [-0.2, 0) is 23.1 Å². The zero-order chi connectivity index (χ0) is 15.5. The molecule has 1 aliphatic carbocycles. The summed E-state index contributed by atoms with van der Waals surface area (Å²) >= 11 is 1.78. The van der Waals surface area contributed by atoms with Crippen LogP contribution in [0.2, 0.25) is 0 Å². The van der Waals surface area contributed by atoms with Gasteiger partial charge in [0.1, 0.15) is 0 Å². The van der Waals surface area contributed by atoms with E-state index in [-0.39, 0.29) is 4.75 Å². The lowest BCUT2D eigenvalue weighted by molar-refractivity contribution is 0.551. The maximum absolute atomic E-state index is 12.5. The third-order valence-electron chi connectivity index (χ3n) is 4.35. The van der Waals surface area contributed by atoms with Crippen molar-refractivity contribution in [2.24, 2.45) is 5.73 Å². The van der Waals surface area contributed by atoms with Gasteiger partial charge in [0.2, 0.25) is 10.0 Å². The van der Waals surface area contributed by atoms with Crippen molar-refractivity contribution in [3.05, 3.63) is 18.0 Å². The molecule has 0 aromatic carbocycles. The molecule has 0 aliphatic heterocycles. The fraction of sp³-hybridized carbons (Fsp3) is 0.714. The highest BCUT2D eigenvalue weighted by atomic mass is 32.2. The van der Waals surface area contributed by atoms with E-state index in [1.165, 1.54) is 12.8 Å². The minimum atomic E-state index is -3.46. The fourth-order valence-corrected chi connectivity index (χ4v) is 5.12. The molecular weight excluding hydrogens is 306 g/mol. The number of thioether (sulfide) groups is 1. The molecule has 0 atom stereocenters. The van der Waals surface area contributed by atoms with E-state index in [0.717, 1.165) is 25.1 Å². The van der Waals surface area contributed by atoms with Crippen molar-refractivity contribution in [1.82, 2.24) is 9.29 Å². The van der Waals surface area contributed by atoms with Gasteiger partial charge in [-0.1, -0.05) is 12.8 Å². The Bertz CT molecular complexity index is 554. The third kappa shape index (κ3) is 3.64. The maximum atomic E-state index is 12.5. The highest BCUT2D eigenvalue weighted by molar-refractivity contribution is 8.00. The van der Waals surface area contributed by atoms with Crippen LogP contribution in [0.4, 0.5) is 0 Å². The quantitative estimate of drug-likeness (QED) is 0.800. The van der Waals surface area contributed by atoms with Crippen molar-refractivity contribution >= 4 is 21.8 Å². The fourth-order valence-electron chi connectivity index (χ4n) is 2.92. The zero-order valence-corrected chi connectivity index (χ0v) is 14.4. The SMILES string of the molecule is CCn1cc(S(=O)(=O)NCC2(SC)CCCC2)cc1CN. The second-order valence-electron chi connectivity index (χ2n) is 5.58. The van der Waals surface area contributed by atoms with Gasteiger partial charge < -0.3 is 10.3 Å². The molecule has 7 heteroatoms. The highest BCUT2D eigenvalue weighted by Gasteiger charge is 2.34.